The Bertz CT molecular complexity index is 1510. The van der Waals surface area contributed by atoms with E-state index in [0.717, 1.165) is 67.1 Å². The number of Topliss-reactive ketones (excluding diaryl/α,β-unsaturated/α-hetero) is 1. The van der Waals surface area contributed by atoms with Gasteiger partial charge in [0.05, 0.1) is 5.71 Å². The minimum atomic E-state index is -1.20. The Morgan fingerprint density at radius 3 is 2.63 bits per heavy atom. The summed E-state index contributed by atoms with van der Waals surface area (Å²) in [6, 6.07) is 6.56. The van der Waals surface area contributed by atoms with Crippen LogP contribution in [0, 0.1) is 28.6 Å². The molecule has 4 aliphatic carbocycles. The number of aliphatic carboxylic acids is 1. The largest absolute Gasteiger partial charge is 0.480 e. The van der Waals surface area contributed by atoms with E-state index in [-0.39, 0.29) is 29.6 Å². The van der Waals surface area contributed by atoms with Crippen LogP contribution in [0.15, 0.2) is 47.3 Å². The van der Waals surface area contributed by atoms with Crippen molar-refractivity contribution in [2.75, 3.05) is 6.61 Å². The summed E-state index contributed by atoms with van der Waals surface area (Å²) in [5.41, 5.74) is 2.42. The van der Waals surface area contributed by atoms with Crippen molar-refractivity contribution in [1.29, 1.82) is 0 Å². The van der Waals surface area contributed by atoms with E-state index in [2.05, 4.69) is 35.4 Å². The van der Waals surface area contributed by atoms with Crippen LogP contribution < -0.4 is 5.32 Å². The first kappa shape index (κ1) is 29.6. The number of H-pyrrole nitrogens is 1. The molecule has 7 atom stereocenters. The van der Waals surface area contributed by atoms with E-state index >= 15 is 0 Å². The van der Waals surface area contributed by atoms with Crippen LogP contribution in [0.2, 0.25) is 0 Å². The molecule has 3 fully saturated rings. The number of carboxylic acid groups (broad SMARTS) is 1. The standard InChI is InChI=1S/C34H43N3O6/c1-20(38)34(42)15-12-27-25-9-8-22-17-23(10-13-32(22,2)26(25)11-14-33(27,34)3)37-43-19-30(39)36-29(31(40)41)16-21-18-35-28-7-5-4-6-24(21)28/h4-7,17-18,25-27,29,35,42H,8-16,19H2,1-3H3,(H,36,39)(H,40,41). The maximum Gasteiger partial charge on any atom is 0.326 e. The second kappa shape index (κ2) is 10.9. The Morgan fingerprint density at radius 2 is 1.86 bits per heavy atom. The number of benzene rings is 1. The molecule has 43 heavy (non-hydrogen) atoms. The molecule has 0 spiro atoms. The van der Waals surface area contributed by atoms with Gasteiger partial charge in [0.2, 0.25) is 0 Å². The zero-order valence-electron chi connectivity index (χ0n) is 25.3. The molecule has 3 saturated carbocycles. The van der Waals surface area contributed by atoms with Crippen molar-refractivity contribution in [2.45, 2.75) is 90.2 Å². The number of hydrogen-bond acceptors (Lipinski definition) is 6. The predicted octanol–water partition coefficient (Wildman–Crippen LogP) is 4.94. The van der Waals surface area contributed by atoms with Crippen molar-refractivity contribution in [3.05, 3.63) is 47.7 Å². The number of carbonyl (C=O) groups excluding carboxylic acids is 2. The number of hydrogen-bond donors (Lipinski definition) is 4. The molecule has 4 N–H and O–H groups in total. The molecule has 1 heterocycles. The molecule has 7 unspecified atom stereocenters. The summed E-state index contributed by atoms with van der Waals surface area (Å²) >= 11 is 0. The quantitative estimate of drug-likeness (QED) is 0.322. The van der Waals surface area contributed by atoms with Gasteiger partial charge in [-0.15, -0.1) is 0 Å². The van der Waals surface area contributed by atoms with Gasteiger partial charge in [0.25, 0.3) is 5.91 Å². The van der Waals surface area contributed by atoms with Crippen molar-refractivity contribution in [1.82, 2.24) is 10.3 Å². The fourth-order valence-corrected chi connectivity index (χ4v) is 9.37. The van der Waals surface area contributed by atoms with Crippen LogP contribution in [0.3, 0.4) is 0 Å². The van der Waals surface area contributed by atoms with Crippen molar-refractivity contribution < 1.29 is 29.4 Å². The number of aromatic amines is 1. The van der Waals surface area contributed by atoms with Crippen LogP contribution in [0.4, 0.5) is 0 Å². The molecule has 0 saturated heterocycles. The zero-order chi connectivity index (χ0) is 30.6. The maximum absolute atomic E-state index is 12.6. The molecule has 9 nitrogen and oxygen atoms in total. The Morgan fingerprint density at radius 1 is 1.09 bits per heavy atom. The fourth-order valence-electron chi connectivity index (χ4n) is 9.37. The van der Waals surface area contributed by atoms with Crippen LogP contribution in [-0.4, -0.2) is 56.8 Å². The van der Waals surface area contributed by atoms with Crippen LogP contribution in [0.1, 0.15) is 77.7 Å². The highest BCUT2D eigenvalue weighted by atomic mass is 16.6. The zero-order valence-corrected chi connectivity index (χ0v) is 25.3. The molecule has 0 bridgehead atoms. The molecule has 1 aromatic heterocycles. The number of nitrogens with zero attached hydrogens (tertiary/aromatic N) is 1. The van der Waals surface area contributed by atoms with Gasteiger partial charge in [0, 0.05) is 28.9 Å². The maximum atomic E-state index is 12.6. The number of oxime groups is 1. The lowest BCUT2D eigenvalue weighted by Crippen LogP contribution is -2.57. The lowest BCUT2D eigenvalue weighted by molar-refractivity contribution is -0.159. The highest BCUT2D eigenvalue weighted by molar-refractivity contribution is 5.96. The number of para-hydroxylation sites is 1. The number of ketones is 1. The third-order valence-electron chi connectivity index (χ3n) is 11.8. The van der Waals surface area contributed by atoms with Gasteiger partial charge >= 0.3 is 5.97 Å². The number of amides is 1. The molecular weight excluding hydrogens is 546 g/mol. The van der Waals surface area contributed by atoms with E-state index in [0.29, 0.717) is 24.2 Å². The predicted molar refractivity (Wildman–Crippen MR) is 162 cm³/mol. The summed E-state index contributed by atoms with van der Waals surface area (Å²) in [5.74, 6) is -0.349. The summed E-state index contributed by atoms with van der Waals surface area (Å²) in [4.78, 5) is 45.6. The van der Waals surface area contributed by atoms with E-state index in [9.17, 15) is 24.6 Å². The minimum absolute atomic E-state index is 0.0503. The summed E-state index contributed by atoms with van der Waals surface area (Å²) in [6.07, 6.45) is 11.1. The van der Waals surface area contributed by atoms with Crippen molar-refractivity contribution in [3.8, 4) is 0 Å². The normalized spacial score (nSPS) is 34.9. The number of fused-ring (bicyclic) bond motifs is 6. The summed E-state index contributed by atoms with van der Waals surface area (Å²) < 4.78 is 0. The van der Waals surface area contributed by atoms with Crippen LogP contribution in [0.5, 0.6) is 0 Å². The molecule has 6 rings (SSSR count). The van der Waals surface area contributed by atoms with Gasteiger partial charge in [-0.2, -0.15) is 0 Å². The lowest BCUT2D eigenvalue weighted by atomic mass is 9.46. The van der Waals surface area contributed by atoms with Gasteiger partial charge in [-0.1, -0.05) is 42.8 Å². The Kier molecular flexibility index (Phi) is 7.51. The average Bonchev–Trinajstić information content (AvgIpc) is 3.51. The van der Waals surface area contributed by atoms with E-state index in [1.54, 1.807) is 13.1 Å². The van der Waals surface area contributed by atoms with Crippen LogP contribution >= 0.6 is 0 Å². The van der Waals surface area contributed by atoms with E-state index in [1.807, 2.05) is 24.3 Å². The number of aliphatic hydroxyl groups is 1. The molecule has 0 radical (unpaired) electrons. The van der Waals surface area contributed by atoms with Gasteiger partial charge in [-0.25, -0.2) is 4.79 Å². The van der Waals surface area contributed by atoms with E-state index in [1.165, 1.54) is 5.57 Å². The number of carboxylic acids is 1. The molecule has 9 heteroatoms. The van der Waals surface area contributed by atoms with Gasteiger partial charge < -0.3 is 25.4 Å². The number of carbonyl (C=O) groups is 3. The Labute approximate surface area is 252 Å². The third kappa shape index (κ3) is 4.89. The molecular formula is C34H43N3O6. The molecule has 1 amide bonds. The molecule has 2 aromatic rings. The fraction of sp³-hybridized carbons (Fsp3) is 0.588. The monoisotopic (exact) mass is 589 g/mol. The highest BCUT2D eigenvalue weighted by Crippen LogP contribution is 2.67. The SMILES string of the molecule is CC(=O)C1(O)CCC2C3CCC4=CC(=NOCC(=O)NC(Cc5c[nH]c6ccccc56)C(=O)O)CCC4(C)C3CCC21C. The molecule has 4 aliphatic rings. The van der Waals surface area contributed by atoms with Crippen molar-refractivity contribution in [3.63, 3.8) is 0 Å². The Balaban J connectivity index is 1.07. The summed E-state index contributed by atoms with van der Waals surface area (Å²) in [6.45, 7) is 5.71. The van der Waals surface area contributed by atoms with Gasteiger partial charge in [0.15, 0.2) is 12.4 Å². The van der Waals surface area contributed by atoms with Crippen LogP contribution in [-0.2, 0) is 25.6 Å². The molecule has 1 aromatic carbocycles. The average molecular weight is 590 g/mol. The Hall–Kier alpha value is -3.46. The number of allylic oxidation sites excluding steroid dienone is 2. The number of aromatic nitrogens is 1. The van der Waals surface area contributed by atoms with Gasteiger partial charge in [-0.05, 0) is 99.2 Å². The molecule has 230 valence electrons. The van der Waals surface area contributed by atoms with E-state index in [4.69, 9.17) is 4.84 Å². The van der Waals surface area contributed by atoms with Gasteiger partial charge in [0.1, 0.15) is 11.6 Å². The van der Waals surface area contributed by atoms with E-state index < -0.39 is 23.5 Å². The minimum Gasteiger partial charge on any atom is -0.480 e. The van der Waals surface area contributed by atoms with Crippen molar-refractivity contribution in [2.24, 2.45) is 33.7 Å². The first-order valence-electron chi connectivity index (χ1n) is 15.7. The van der Waals surface area contributed by atoms with Gasteiger partial charge in [-0.3, -0.25) is 9.59 Å². The van der Waals surface area contributed by atoms with Crippen molar-refractivity contribution >= 4 is 34.3 Å². The molecule has 0 aliphatic heterocycles. The first-order chi connectivity index (χ1) is 20.5. The lowest BCUT2D eigenvalue weighted by Gasteiger charge is -2.59. The summed E-state index contributed by atoms with van der Waals surface area (Å²) in [5, 5.41) is 28.9. The number of nitrogens with one attached hydrogen (secondary N) is 2. The second-order valence-electron chi connectivity index (χ2n) is 13.8. The summed E-state index contributed by atoms with van der Waals surface area (Å²) in [7, 11) is 0. The second-order valence-corrected chi connectivity index (χ2v) is 13.8. The highest BCUT2D eigenvalue weighted by Gasteiger charge is 2.65. The van der Waals surface area contributed by atoms with Crippen LogP contribution in [0.25, 0.3) is 10.9 Å². The smallest absolute Gasteiger partial charge is 0.326 e. The topological polar surface area (TPSA) is 141 Å². The first-order valence-corrected chi connectivity index (χ1v) is 15.7. The third-order valence-corrected chi connectivity index (χ3v) is 11.8. The number of rotatable bonds is 8.